The van der Waals surface area contributed by atoms with E-state index in [1.54, 1.807) is 4.90 Å². The molecular weight excluding hydrogens is 348 g/mol. The molecule has 0 bridgehead atoms. The Morgan fingerprint density at radius 2 is 1.88 bits per heavy atom. The first-order valence-corrected chi connectivity index (χ1v) is 10.6. The molecule has 1 N–H and O–H groups in total. The fourth-order valence-corrected chi connectivity index (χ4v) is 5.09. The Morgan fingerprint density at radius 1 is 1.15 bits per heavy atom. The second kappa shape index (κ2) is 7.50. The van der Waals surface area contributed by atoms with Crippen LogP contribution in [0.3, 0.4) is 0 Å². The fraction of sp³-hybridized carbons (Fsp3) is 0.350. The van der Waals surface area contributed by atoms with E-state index in [-0.39, 0.29) is 30.0 Å². The van der Waals surface area contributed by atoms with Crippen LogP contribution < -0.4 is 10.2 Å². The monoisotopic (exact) mass is 372 g/mol. The molecule has 1 saturated heterocycles. The van der Waals surface area contributed by atoms with E-state index in [1.165, 1.54) is 5.56 Å². The molecule has 1 fully saturated rings. The number of hydrogen-bond acceptors (Lipinski definition) is 4. The predicted molar refractivity (Wildman–Crippen MR) is 105 cm³/mol. The van der Waals surface area contributed by atoms with Gasteiger partial charge in [-0.2, -0.15) is 0 Å². The molecule has 3 rings (SSSR count). The Balaban J connectivity index is 1.79. The van der Waals surface area contributed by atoms with Crippen LogP contribution in [-0.4, -0.2) is 38.4 Å². The molecule has 1 atom stereocenters. The maximum atomic E-state index is 13.0. The van der Waals surface area contributed by atoms with Gasteiger partial charge in [0.25, 0.3) is 0 Å². The highest BCUT2D eigenvalue weighted by Crippen LogP contribution is 2.25. The first-order valence-electron chi connectivity index (χ1n) is 8.74. The standard InChI is InChI=1S/C20H24N2O3S/c1-15-8-9-19(16(2)12-15)21-13-20(23)22(17-6-4-3-5-7-17)18-10-11-26(24,25)14-18/h3-9,12,18,21H,10-11,13-14H2,1-2H3/t18-/m1/s1. The second-order valence-corrected chi connectivity index (χ2v) is 9.06. The summed E-state index contributed by atoms with van der Waals surface area (Å²) in [7, 11) is -3.07. The number of amides is 1. The Kier molecular flexibility index (Phi) is 5.32. The van der Waals surface area contributed by atoms with Crippen molar-refractivity contribution in [1.82, 2.24) is 0 Å². The molecule has 1 aliphatic heterocycles. The Hall–Kier alpha value is -2.34. The summed E-state index contributed by atoms with van der Waals surface area (Å²) in [6.07, 6.45) is 0.479. The first kappa shape index (κ1) is 18.5. The van der Waals surface area contributed by atoms with Crippen LogP contribution in [0.15, 0.2) is 48.5 Å². The molecule has 0 unspecified atom stereocenters. The number of carbonyl (C=O) groups excluding carboxylic acids is 1. The molecule has 0 saturated carbocycles. The fourth-order valence-electron chi connectivity index (χ4n) is 3.39. The van der Waals surface area contributed by atoms with Gasteiger partial charge in [0, 0.05) is 11.4 Å². The quantitative estimate of drug-likeness (QED) is 0.876. The Labute approximate surface area is 154 Å². The molecule has 1 heterocycles. The van der Waals surface area contributed by atoms with Crippen LogP contribution in [0.2, 0.25) is 0 Å². The van der Waals surface area contributed by atoms with Crippen LogP contribution in [0.4, 0.5) is 11.4 Å². The minimum absolute atomic E-state index is 0.0250. The number of anilines is 2. The lowest BCUT2D eigenvalue weighted by Gasteiger charge is -2.29. The number of sulfone groups is 1. The van der Waals surface area contributed by atoms with Crippen molar-refractivity contribution in [2.75, 3.05) is 28.3 Å². The van der Waals surface area contributed by atoms with Gasteiger partial charge in [-0.05, 0) is 44.0 Å². The summed E-state index contributed by atoms with van der Waals surface area (Å²) in [5.74, 6) is 0.0361. The predicted octanol–water partition coefficient (Wildman–Crippen LogP) is 2.94. The first-order chi connectivity index (χ1) is 12.4. The van der Waals surface area contributed by atoms with Crippen molar-refractivity contribution in [2.24, 2.45) is 0 Å². The zero-order valence-electron chi connectivity index (χ0n) is 15.1. The van der Waals surface area contributed by atoms with E-state index in [9.17, 15) is 13.2 Å². The summed E-state index contributed by atoms with van der Waals surface area (Å²) in [5, 5.41) is 3.19. The number of aryl methyl sites for hydroxylation is 2. The second-order valence-electron chi connectivity index (χ2n) is 6.83. The minimum atomic E-state index is -3.07. The van der Waals surface area contributed by atoms with Crippen LogP contribution >= 0.6 is 0 Å². The van der Waals surface area contributed by atoms with Crippen molar-refractivity contribution < 1.29 is 13.2 Å². The van der Waals surface area contributed by atoms with Crippen LogP contribution in [0.25, 0.3) is 0 Å². The third-order valence-electron chi connectivity index (χ3n) is 4.69. The normalized spacial score (nSPS) is 18.5. The van der Waals surface area contributed by atoms with E-state index < -0.39 is 9.84 Å². The zero-order valence-corrected chi connectivity index (χ0v) is 15.9. The van der Waals surface area contributed by atoms with Crippen LogP contribution in [0.1, 0.15) is 17.5 Å². The van der Waals surface area contributed by atoms with Gasteiger partial charge in [-0.3, -0.25) is 4.79 Å². The molecule has 5 nitrogen and oxygen atoms in total. The van der Waals surface area contributed by atoms with Gasteiger partial charge in [-0.25, -0.2) is 8.42 Å². The highest BCUT2D eigenvalue weighted by Gasteiger charge is 2.35. The van der Waals surface area contributed by atoms with Gasteiger partial charge in [0.1, 0.15) is 0 Å². The third-order valence-corrected chi connectivity index (χ3v) is 6.44. The van der Waals surface area contributed by atoms with E-state index >= 15 is 0 Å². The van der Waals surface area contributed by atoms with E-state index in [1.807, 2.05) is 56.3 Å². The van der Waals surface area contributed by atoms with Gasteiger partial charge >= 0.3 is 0 Å². The molecule has 1 amide bonds. The SMILES string of the molecule is Cc1ccc(NCC(=O)N(c2ccccc2)[C@@H]2CCS(=O)(=O)C2)c(C)c1. The van der Waals surface area contributed by atoms with E-state index in [0.29, 0.717) is 6.42 Å². The highest BCUT2D eigenvalue weighted by molar-refractivity contribution is 7.91. The molecule has 0 aromatic heterocycles. The maximum Gasteiger partial charge on any atom is 0.246 e. The van der Waals surface area contributed by atoms with Crippen LogP contribution in [-0.2, 0) is 14.6 Å². The molecule has 0 aliphatic carbocycles. The van der Waals surface area contributed by atoms with Gasteiger partial charge in [-0.15, -0.1) is 0 Å². The molecule has 0 spiro atoms. The van der Waals surface area contributed by atoms with Gasteiger partial charge in [-0.1, -0.05) is 35.9 Å². The van der Waals surface area contributed by atoms with Crippen molar-refractivity contribution in [1.29, 1.82) is 0 Å². The Morgan fingerprint density at radius 3 is 2.50 bits per heavy atom. The third kappa shape index (κ3) is 4.25. The van der Waals surface area contributed by atoms with Crippen molar-refractivity contribution in [2.45, 2.75) is 26.3 Å². The van der Waals surface area contributed by atoms with Crippen LogP contribution in [0.5, 0.6) is 0 Å². The highest BCUT2D eigenvalue weighted by atomic mass is 32.2. The van der Waals surface area contributed by atoms with Crippen molar-refractivity contribution in [3.63, 3.8) is 0 Å². The molecule has 138 valence electrons. The molecule has 0 radical (unpaired) electrons. The van der Waals surface area contributed by atoms with Crippen molar-refractivity contribution in [3.8, 4) is 0 Å². The molecular formula is C20H24N2O3S. The lowest BCUT2D eigenvalue weighted by Crippen LogP contribution is -2.44. The number of hydrogen-bond donors (Lipinski definition) is 1. The average Bonchev–Trinajstić information content (AvgIpc) is 2.95. The summed E-state index contributed by atoms with van der Waals surface area (Å²) >= 11 is 0. The smallest absolute Gasteiger partial charge is 0.246 e. The molecule has 2 aromatic rings. The topological polar surface area (TPSA) is 66.5 Å². The number of benzene rings is 2. The van der Waals surface area contributed by atoms with Crippen LogP contribution in [0, 0.1) is 13.8 Å². The minimum Gasteiger partial charge on any atom is -0.376 e. The summed E-state index contributed by atoms with van der Waals surface area (Å²) in [6.45, 7) is 4.15. The number of para-hydroxylation sites is 1. The number of rotatable bonds is 5. The molecule has 1 aliphatic rings. The van der Waals surface area contributed by atoms with Gasteiger partial charge in [0.2, 0.25) is 5.91 Å². The molecule has 2 aromatic carbocycles. The van der Waals surface area contributed by atoms with Gasteiger partial charge in [0.05, 0.1) is 24.1 Å². The number of nitrogens with zero attached hydrogens (tertiary/aromatic N) is 1. The van der Waals surface area contributed by atoms with E-state index in [0.717, 1.165) is 16.9 Å². The lowest BCUT2D eigenvalue weighted by atomic mass is 10.1. The zero-order chi connectivity index (χ0) is 18.7. The van der Waals surface area contributed by atoms with Crippen molar-refractivity contribution in [3.05, 3.63) is 59.7 Å². The van der Waals surface area contributed by atoms with Crippen molar-refractivity contribution >= 4 is 27.1 Å². The molecule has 6 heteroatoms. The lowest BCUT2D eigenvalue weighted by molar-refractivity contribution is -0.117. The summed E-state index contributed by atoms with van der Waals surface area (Å²) < 4.78 is 23.8. The van der Waals surface area contributed by atoms with E-state index in [2.05, 4.69) is 11.4 Å². The number of carbonyl (C=O) groups is 1. The molecule has 26 heavy (non-hydrogen) atoms. The summed E-state index contributed by atoms with van der Waals surface area (Å²) in [4.78, 5) is 14.6. The Bertz CT molecular complexity index is 895. The average molecular weight is 372 g/mol. The largest absolute Gasteiger partial charge is 0.376 e. The maximum absolute atomic E-state index is 13.0. The summed E-state index contributed by atoms with van der Waals surface area (Å²) in [5.41, 5.74) is 3.90. The van der Waals surface area contributed by atoms with E-state index in [4.69, 9.17) is 0 Å². The van der Waals surface area contributed by atoms with Gasteiger partial charge < -0.3 is 10.2 Å². The number of nitrogens with one attached hydrogen (secondary N) is 1. The summed E-state index contributed by atoms with van der Waals surface area (Å²) in [6, 6.07) is 15.0. The van der Waals surface area contributed by atoms with Gasteiger partial charge in [0.15, 0.2) is 9.84 Å².